The van der Waals surface area contributed by atoms with Crippen LogP contribution in [-0.4, -0.2) is 37.7 Å². The molecule has 3 aromatic rings. The van der Waals surface area contributed by atoms with Crippen molar-refractivity contribution in [3.05, 3.63) is 74.0 Å². The minimum absolute atomic E-state index is 0.114. The molecule has 0 saturated heterocycles. The molecule has 2 aromatic carbocycles. The zero-order chi connectivity index (χ0) is 23.5. The summed E-state index contributed by atoms with van der Waals surface area (Å²) < 4.78 is 17.9. The number of amides is 1. The van der Waals surface area contributed by atoms with Gasteiger partial charge >= 0.3 is 0 Å². The highest BCUT2D eigenvalue weighted by Crippen LogP contribution is 2.39. The van der Waals surface area contributed by atoms with Crippen molar-refractivity contribution in [3.63, 3.8) is 0 Å². The van der Waals surface area contributed by atoms with Crippen LogP contribution in [0.1, 0.15) is 54.4 Å². The lowest BCUT2D eigenvalue weighted by molar-refractivity contribution is 0.0707. The molecule has 1 unspecified atom stereocenters. The summed E-state index contributed by atoms with van der Waals surface area (Å²) in [5.74, 6) is 1.10. The van der Waals surface area contributed by atoms with Crippen molar-refractivity contribution < 1.29 is 18.7 Å². The number of nitrogens with zero attached hydrogens (tertiary/aromatic N) is 1. The van der Waals surface area contributed by atoms with Gasteiger partial charge in [0.25, 0.3) is 5.91 Å². The van der Waals surface area contributed by atoms with Crippen LogP contribution in [0.25, 0.3) is 11.0 Å². The third-order valence-corrected chi connectivity index (χ3v) is 6.31. The molecule has 0 bridgehead atoms. The van der Waals surface area contributed by atoms with E-state index in [1.54, 1.807) is 30.2 Å². The maximum Gasteiger partial charge on any atom is 0.290 e. The zero-order valence-corrected chi connectivity index (χ0v) is 20.7. The van der Waals surface area contributed by atoms with E-state index < -0.39 is 6.04 Å². The van der Waals surface area contributed by atoms with Crippen LogP contribution in [0.4, 0.5) is 0 Å². The van der Waals surface area contributed by atoms with Crippen molar-refractivity contribution in [1.29, 1.82) is 0 Å². The lowest BCUT2D eigenvalue weighted by atomic mass is 9.98. The van der Waals surface area contributed by atoms with Crippen molar-refractivity contribution in [2.24, 2.45) is 5.92 Å². The van der Waals surface area contributed by atoms with Crippen molar-refractivity contribution in [2.45, 2.75) is 32.7 Å². The average Bonchev–Trinajstić information content (AvgIpc) is 3.06. The van der Waals surface area contributed by atoms with Gasteiger partial charge in [-0.25, -0.2) is 0 Å². The summed E-state index contributed by atoms with van der Waals surface area (Å²) in [5, 5.41) is 0.448. The molecule has 7 heteroatoms. The molecular formula is C26H28BrNO5. The molecule has 1 aliphatic rings. The van der Waals surface area contributed by atoms with Gasteiger partial charge in [-0.3, -0.25) is 9.59 Å². The Kier molecular flexibility index (Phi) is 7.20. The number of ether oxygens (including phenoxy) is 2. The van der Waals surface area contributed by atoms with Crippen molar-refractivity contribution in [1.82, 2.24) is 4.90 Å². The van der Waals surface area contributed by atoms with E-state index in [4.69, 9.17) is 13.9 Å². The molecule has 6 nitrogen and oxygen atoms in total. The van der Waals surface area contributed by atoms with E-state index in [-0.39, 0.29) is 17.1 Å². The van der Waals surface area contributed by atoms with Crippen LogP contribution < -0.4 is 10.2 Å². The number of benzene rings is 2. The quantitative estimate of drug-likeness (QED) is 0.350. The van der Waals surface area contributed by atoms with Gasteiger partial charge in [0.15, 0.2) is 5.43 Å². The lowest BCUT2D eigenvalue weighted by Gasteiger charge is -2.25. The molecule has 0 fully saturated rings. The summed E-state index contributed by atoms with van der Waals surface area (Å²) in [6.45, 7) is 5.88. The van der Waals surface area contributed by atoms with Crippen LogP contribution in [-0.2, 0) is 4.74 Å². The number of carbonyl (C=O) groups is 1. The first-order valence-corrected chi connectivity index (χ1v) is 12.0. The third-order valence-electron chi connectivity index (χ3n) is 5.81. The second-order valence-corrected chi connectivity index (χ2v) is 9.58. The molecule has 0 radical (unpaired) electrons. The highest BCUT2D eigenvalue weighted by atomic mass is 79.9. The summed E-state index contributed by atoms with van der Waals surface area (Å²) >= 11 is 3.43. The Labute approximate surface area is 201 Å². The highest BCUT2D eigenvalue weighted by Gasteiger charge is 2.42. The average molecular weight is 514 g/mol. The van der Waals surface area contributed by atoms with Gasteiger partial charge in [0, 0.05) is 24.7 Å². The Bertz CT molecular complexity index is 1220. The fourth-order valence-electron chi connectivity index (χ4n) is 4.14. The number of carbonyl (C=O) groups excluding carboxylic acids is 1. The summed E-state index contributed by atoms with van der Waals surface area (Å²) in [4.78, 5) is 28.7. The SMILES string of the molecule is COCCCN1C(=O)c2oc3ccc(Br)cc3c(=O)c2C1c1cccc(OCCC(C)C)c1. The smallest absolute Gasteiger partial charge is 0.290 e. The molecule has 1 aliphatic heterocycles. The minimum atomic E-state index is -0.544. The maximum atomic E-state index is 13.6. The van der Waals surface area contributed by atoms with E-state index in [0.717, 1.165) is 22.2 Å². The third kappa shape index (κ3) is 4.84. The fourth-order valence-corrected chi connectivity index (χ4v) is 4.50. The van der Waals surface area contributed by atoms with Crippen LogP contribution in [0, 0.1) is 5.92 Å². The van der Waals surface area contributed by atoms with Gasteiger partial charge in [0.2, 0.25) is 5.76 Å². The number of hydrogen-bond acceptors (Lipinski definition) is 5. The second-order valence-electron chi connectivity index (χ2n) is 8.67. The van der Waals surface area contributed by atoms with E-state index >= 15 is 0 Å². The Morgan fingerprint density at radius 2 is 1.94 bits per heavy atom. The number of methoxy groups -OCH3 is 1. The first-order valence-electron chi connectivity index (χ1n) is 11.2. The van der Waals surface area contributed by atoms with Gasteiger partial charge < -0.3 is 18.8 Å². The second kappa shape index (κ2) is 10.1. The minimum Gasteiger partial charge on any atom is -0.494 e. The molecule has 1 aromatic heterocycles. The van der Waals surface area contributed by atoms with Gasteiger partial charge in [-0.2, -0.15) is 0 Å². The molecule has 1 amide bonds. The Morgan fingerprint density at radius 3 is 2.70 bits per heavy atom. The standard InChI is InChI=1S/C26H28BrNO5/c1-16(2)10-13-32-19-7-4-6-17(14-19)23-22-24(29)20-15-18(27)8-9-21(20)33-25(22)26(30)28(23)11-5-12-31-3/h4,6-9,14-16,23H,5,10-13H2,1-3H3. The predicted molar refractivity (Wildman–Crippen MR) is 131 cm³/mol. The van der Waals surface area contributed by atoms with Crippen molar-refractivity contribution in [2.75, 3.05) is 26.9 Å². The van der Waals surface area contributed by atoms with Gasteiger partial charge in [0.05, 0.1) is 23.6 Å². The first kappa shape index (κ1) is 23.5. The van der Waals surface area contributed by atoms with Crippen LogP contribution in [0.15, 0.2) is 56.1 Å². The Hall–Kier alpha value is -2.64. The molecule has 0 aliphatic carbocycles. The number of rotatable bonds is 9. The van der Waals surface area contributed by atoms with Crippen molar-refractivity contribution >= 4 is 32.8 Å². The molecule has 1 atom stereocenters. The van der Waals surface area contributed by atoms with E-state index in [2.05, 4.69) is 29.8 Å². The normalized spacial score (nSPS) is 15.5. The molecule has 0 N–H and O–H groups in total. The maximum absolute atomic E-state index is 13.6. The molecule has 33 heavy (non-hydrogen) atoms. The van der Waals surface area contributed by atoms with E-state index in [9.17, 15) is 9.59 Å². The number of fused-ring (bicyclic) bond motifs is 2. The van der Waals surface area contributed by atoms with E-state index in [1.807, 2.05) is 24.3 Å². The molecular weight excluding hydrogens is 486 g/mol. The summed E-state index contributed by atoms with van der Waals surface area (Å²) in [6, 6.07) is 12.3. The number of hydrogen-bond donors (Lipinski definition) is 0. The van der Waals surface area contributed by atoms with Gasteiger partial charge in [-0.1, -0.05) is 41.9 Å². The first-order chi connectivity index (χ1) is 15.9. The van der Waals surface area contributed by atoms with Crippen molar-refractivity contribution in [3.8, 4) is 5.75 Å². The summed E-state index contributed by atoms with van der Waals surface area (Å²) in [6.07, 6.45) is 1.60. The Balaban J connectivity index is 1.79. The fraction of sp³-hybridized carbons (Fsp3) is 0.385. The predicted octanol–water partition coefficient (Wildman–Crippen LogP) is 5.56. The molecule has 174 valence electrons. The van der Waals surface area contributed by atoms with Gasteiger partial charge in [-0.15, -0.1) is 0 Å². The lowest BCUT2D eigenvalue weighted by Crippen LogP contribution is -2.31. The monoisotopic (exact) mass is 513 g/mol. The zero-order valence-electron chi connectivity index (χ0n) is 19.1. The highest BCUT2D eigenvalue weighted by molar-refractivity contribution is 9.10. The van der Waals surface area contributed by atoms with Gasteiger partial charge in [0.1, 0.15) is 11.3 Å². The molecule has 4 rings (SSSR count). The van der Waals surface area contributed by atoms with Crippen LogP contribution in [0.2, 0.25) is 0 Å². The van der Waals surface area contributed by atoms with E-state index in [1.165, 1.54) is 0 Å². The Morgan fingerprint density at radius 1 is 1.12 bits per heavy atom. The summed E-state index contributed by atoms with van der Waals surface area (Å²) in [7, 11) is 1.63. The largest absolute Gasteiger partial charge is 0.494 e. The molecule has 0 saturated carbocycles. The van der Waals surface area contributed by atoms with Crippen LogP contribution >= 0.6 is 15.9 Å². The van der Waals surface area contributed by atoms with Crippen LogP contribution in [0.3, 0.4) is 0 Å². The van der Waals surface area contributed by atoms with Gasteiger partial charge in [-0.05, 0) is 54.7 Å². The molecule has 2 heterocycles. The molecule has 0 spiro atoms. The number of halogens is 1. The summed E-state index contributed by atoms with van der Waals surface area (Å²) in [5.41, 5.74) is 1.41. The van der Waals surface area contributed by atoms with E-state index in [0.29, 0.717) is 48.6 Å². The van der Waals surface area contributed by atoms with Crippen LogP contribution in [0.5, 0.6) is 5.75 Å². The topological polar surface area (TPSA) is 69.0 Å².